The highest BCUT2D eigenvalue weighted by atomic mass is 35.5. The number of alkyl halides is 3. The van der Waals surface area contributed by atoms with Crippen LogP contribution in [0.25, 0.3) is 17.0 Å². The van der Waals surface area contributed by atoms with E-state index in [1.807, 2.05) is 0 Å². The number of nitrogens with zero attached hydrogens (tertiary/aromatic N) is 3. The van der Waals surface area contributed by atoms with Gasteiger partial charge in [-0.15, -0.1) is 0 Å². The Morgan fingerprint density at radius 2 is 2.00 bits per heavy atom. The van der Waals surface area contributed by atoms with Crippen molar-refractivity contribution in [1.29, 1.82) is 0 Å². The van der Waals surface area contributed by atoms with E-state index in [1.54, 1.807) is 30.4 Å². The molecule has 0 bridgehead atoms. The van der Waals surface area contributed by atoms with E-state index in [2.05, 4.69) is 9.97 Å². The molecule has 0 unspecified atom stereocenters. The van der Waals surface area contributed by atoms with Crippen molar-refractivity contribution in [2.75, 3.05) is 6.54 Å². The van der Waals surface area contributed by atoms with Crippen molar-refractivity contribution in [2.45, 2.75) is 19.6 Å². The molecule has 0 saturated carbocycles. The van der Waals surface area contributed by atoms with Gasteiger partial charge < -0.3 is 11.1 Å². The van der Waals surface area contributed by atoms with E-state index in [-0.39, 0.29) is 18.0 Å². The molecule has 0 aliphatic rings. The number of hydrogen-bond acceptors (Lipinski definition) is 4. The van der Waals surface area contributed by atoms with Gasteiger partial charge in [0.05, 0.1) is 10.7 Å². The van der Waals surface area contributed by atoms with Crippen LogP contribution >= 0.6 is 23.2 Å². The maximum atomic E-state index is 12.4. The molecule has 0 aliphatic carbocycles. The summed E-state index contributed by atoms with van der Waals surface area (Å²) >= 11 is 12.3. The van der Waals surface area contributed by atoms with Crippen LogP contribution in [0.1, 0.15) is 21.7 Å². The van der Waals surface area contributed by atoms with E-state index >= 15 is 0 Å². The Hall–Kier alpha value is -2.36. The molecular weight excluding hydrogens is 418 g/mol. The summed E-state index contributed by atoms with van der Waals surface area (Å²) in [4.78, 5) is 20.4. The highest BCUT2D eigenvalue weighted by Gasteiger charge is 2.28. The number of imidazole rings is 1. The number of amides is 1. The number of nitrogens with one attached hydrogen (secondary N) is 1. The van der Waals surface area contributed by atoms with Crippen molar-refractivity contribution in [3.63, 3.8) is 0 Å². The van der Waals surface area contributed by atoms with Crippen LogP contribution in [-0.4, -0.2) is 33.0 Å². The summed E-state index contributed by atoms with van der Waals surface area (Å²) in [7, 11) is 0. The number of aryl methyl sites for hydroxylation is 1. The van der Waals surface area contributed by atoms with Crippen molar-refractivity contribution in [3.8, 4) is 11.3 Å². The van der Waals surface area contributed by atoms with Crippen LogP contribution in [0.5, 0.6) is 0 Å². The second kappa shape index (κ2) is 7.57. The summed E-state index contributed by atoms with van der Waals surface area (Å²) in [6.45, 7) is 0.376. The minimum absolute atomic E-state index is 0.122. The molecular formula is C17H14Cl2F3N5O. The van der Waals surface area contributed by atoms with E-state index in [1.165, 1.54) is 10.6 Å². The van der Waals surface area contributed by atoms with Gasteiger partial charge >= 0.3 is 6.18 Å². The van der Waals surface area contributed by atoms with E-state index in [0.717, 1.165) is 0 Å². The molecule has 3 N–H and O–H groups in total. The summed E-state index contributed by atoms with van der Waals surface area (Å²) in [6, 6.07) is 4.87. The van der Waals surface area contributed by atoms with E-state index in [4.69, 9.17) is 28.9 Å². The second-order valence-electron chi connectivity index (χ2n) is 5.95. The first kappa shape index (κ1) is 20.4. The van der Waals surface area contributed by atoms with Crippen LogP contribution in [0.4, 0.5) is 13.2 Å². The zero-order valence-electron chi connectivity index (χ0n) is 14.4. The molecule has 0 aliphatic heterocycles. The first-order valence-electron chi connectivity index (χ1n) is 7.99. The van der Waals surface area contributed by atoms with Crippen molar-refractivity contribution in [2.24, 2.45) is 5.73 Å². The lowest BCUT2D eigenvalue weighted by Gasteiger charge is -2.14. The van der Waals surface area contributed by atoms with Crippen LogP contribution in [0, 0.1) is 6.92 Å². The summed E-state index contributed by atoms with van der Waals surface area (Å²) in [5.41, 5.74) is 7.98. The van der Waals surface area contributed by atoms with E-state index < -0.39 is 18.6 Å². The van der Waals surface area contributed by atoms with Gasteiger partial charge in [0, 0.05) is 34.6 Å². The fourth-order valence-electron chi connectivity index (χ4n) is 2.75. The van der Waals surface area contributed by atoms with E-state index in [9.17, 15) is 18.0 Å². The standard InChI is InChI=1S/C17H14Cl2F3N5O/c1-8-11(5-23)14(10-3-2-9(18)4-12(10)19)27-6-13(26-16(27)25-8)15(28)24-7-17(20,21)22/h2-4,6H,5,7,23H2,1H3,(H,24,28). The number of benzene rings is 1. The minimum Gasteiger partial charge on any atom is -0.342 e. The number of halogens is 5. The minimum atomic E-state index is -4.53. The third kappa shape index (κ3) is 4.06. The van der Waals surface area contributed by atoms with Gasteiger partial charge in [0.2, 0.25) is 5.78 Å². The summed E-state index contributed by atoms with van der Waals surface area (Å²) in [5.74, 6) is -0.837. The largest absolute Gasteiger partial charge is 0.405 e. The van der Waals surface area contributed by atoms with Gasteiger partial charge in [-0.1, -0.05) is 23.2 Å². The van der Waals surface area contributed by atoms with Gasteiger partial charge in [0.25, 0.3) is 5.91 Å². The number of fused-ring (bicyclic) bond motifs is 1. The Bertz CT molecular complexity index is 1070. The molecule has 6 nitrogen and oxygen atoms in total. The maximum absolute atomic E-state index is 12.4. The average Bonchev–Trinajstić information content (AvgIpc) is 3.02. The van der Waals surface area contributed by atoms with Crippen molar-refractivity contribution < 1.29 is 18.0 Å². The zero-order chi connectivity index (χ0) is 20.6. The highest BCUT2D eigenvalue weighted by Crippen LogP contribution is 2.34. The normalized spacial score (nSPS) is 11.8. The Labute approximate surface area is 167 Å². The van der Waals surface area contributed by atoms with Gasteiger partial charge in [0.1, 0.15) is 12.2 Å². The number of carbonyl (C=O) groups is 1. The van der Waals surface area contributed by atoms with Gasteiger partial charge in [-0.3, -0.25) is 9.20 Å². The molecule has 0 fully saturated rings. The molecule has 0 saturated heterocycles. The molecule has 0 spiro atoms. The molecule has 0 radical (unpaired) electrons. The third-order valence-electron chi connectivity index (χ3n) is 3.99. The number of rotatable bonds is 4. The monoisotopic (exact) mass is 431 g/mol. The van der Waals surface area contributed by atoms with Gasteiger partial charge in [-0.25, -0.2) is 9.97 Å². The highest BCUT2D eigenvalue weighted by molar-refractivity contribution is 6.36. The average molecular weight is 432 g/mol. The molecule has 1 aromatic carbocycles. The van der Waals surface area contributed by atoms with Crippen LogP contribution in [0.2, 0.25) is 10.0 Å². The second-order valence-corrected chi connectivity index (χ2v) is 6.79. The fraction of sp³-hybridized carbons (Fsp3) is 0.235. The Morgan fingerprint density at radius 3 is 2.61 bits per heavy atom. The molecule has 11 heteroatoms. The summed E-state index contributed by atoms with van der Waals surface area (Å²) in [5, 5.41) is 2.56. The topological polar surface area (TPSA) is 85.3 Å². The number of nitrogens with two attached hydrogens (primary N) is 1. The van der Waals surface area contributed by atoms with Gasteiger partial charge in [-0.2, -0.15) is 13.2 Å². The van der Waals surface area contributed by atoms with E-state index in [0.29, 0.717) is 32.6 Å². The van der Waals surface area contributed by atoms with Gasteiger partial charge in [0.15, 0.2) is 0 Å². The molecule has 2 heterocycles. The smallest absolute Gasteiger partial charge is 0.342 e. The first-order valence-corrected chi connectivity index (χ1v) is 8.75. The summed E-state index contributed by atoms with van der Waals surface area (Å²) in [6.07, 6.45) is -3.23. The van der Waals surface area contributed by atoms with Crippen molar-refractivity contribution in [3.05, 3.63) is 51.4 Å². The predicted molar refractivity (Wildman–Crippen MR) is 99.5 cm³/mol. The summed E-state index contributed by atoms with van der Waals surface area (Å²) < 4.78 is 38.6. The number of hydrogen-bond donors (Lipinski definition) is 2. The molecule has 2 aromatic heterocycles. The van der Waals surface area contributed by atoms with Crippen LogP contribution < -0.4 is 11.1 Å². The molecule has 148 valence electrons. The quantitative estimate of drug-likeness (QED) is 0.658. The molecule has 3 aromatic rings. The number of aromatic nitrogens is 3. The molecule has 0 atom stereocenters. The Kier molecular flexibility index (Phi) is 5.51. The molecule has 28 heavy (non-hydrogen) atoms. The zero-order valence-corrected chi connectivity index (χ0v) is 16.0. The van der Waals surface area contributed by atoms with Crippen LogP contribution in [0.3, 0.4) is 0 Å². The lowest BCUT2D eigenvalue weighted by molar-refractivity contribution is -0.123. The van der Waals surface area contributed by atoms with Gasteiger partial charge in [-0.05, 0) is 25.1 Å². The Balaban J connectivity index is 2.16. The SMILES string of the molecule is Cc1nc2nc(C(=O)NCC(F)(F)F)cn2c(-c2ccc(Cl)cc2Cl)c1CN. The van der Waals surface area contributed by atoms with Crippen molar-refractivity contribution >= 4 is 34.9 Å². The fourth-order valence-corrected chi connectivity index (χ4v) is 3.24. The van der Waals surface area contributed by atoms with Crippen LogP contribution in [0.15, 0.2) is 24.4 Å². The lowest BCUT2D eigenvalue weighted by atomic mass is 10.0. The van der Waals surface area contributed by atoms with Crippen molar-refractivity contribution in [1.82, 2.24) is 19.7 Å². The predicted octanol–water partition coefficient (Wildman–Crippen LogP) is 3.76. The molecule has 1 amide bonds. The lowest BCUT2D eigenvalue weighted by Crippen LogP contribution is -2.33. The Morgan fingerprint density at radius 1 is 1.29 bits per heavy atom. The maximum Gasteiger partial charge on any atom is 0.405 e. The van der Waals surface area contributed by atoms with Crippen LogP contribution in [-0.2, 0) is 6.54 Å². The first-order chi connectivity index (χ1) is 13.1. The number of carbonyl (C=O) groups excluding carboxylic acids is 1. The molecule has 3 rings (SSSR count). The third-order valence-corrected chi connectivity index (χ3v) is 4.54.